The molecule has 8 heteroatoms. The zero-order valence-electron chi connectivity index (χ0n) is 15.3. The van der Waals surface area contributed by atoms with Crippen LogP contribution in [0.5, 0.6) is 5.75 Å². The van der Waals surface area contributed by atoms with E-state index in [1.54, 1.807) is 11.3 Å². The van der Waals surface area contributed by atoms with E-state index in [1.807, 2.05) is 54.9 Å². The minimum atomic E-state index is -0.433. The van der Waals surface area contributed by atoms with Gasteiger partial charge in [0.1, 0.15) is 16.9 Å². The van der Waals surface area contributed by atoms with Crippen molar-refractivity contribution in [2.45, 2.75) is 13.8 Å². The number of hydrogen-bond donors (Lipinski definition) is 1. The number of nitrogens with one attached hydrogen (secondary N) is 1. The summed E-state index contributed by atoms with van der Waals surface area (Å²) in [6.07, 6.45) is 1.33. The number of amides is 1. The molecule has 3 heterocycles. The molecule has 4 rings (SSSR count). The van der Waals surface area contributed by atoms with Crippen molar-refractivity contribution in [2.75, 3.05) is 12.0 Å². The van der Waals surface area contributed by atoms with Crippen LogP contribution in [0.15, 0.2) is 52.2 Å². The SMILES string of the molecule is Cc1ccc(C)c(OCC(=O)Nn2cnc3scc(-c4cccs4)c3c2=O)c1. The van der Waals surface area contributed by atoms with Crippen LogP contribution < -0.4 is 15.7 Å². The number of nitrogens with zero attached hydrogens (tertiary/aromatic N) is 2. The van der Waals surface area contributed by atoms with Gasteiger partial charge >= 0.3 is 0 Å². The molecule has 0 aliphatic carbocycles. The number of fused-ring (bicyclic) bond motifs is 1. The molecule has 6 nitrogen and oxygen atoms in total. The molecule has 0 saturated heterocycles. The Morgan fingerprint density at radius 1 is 1.25 bits per heavy atom. The lowest BCUT2D eigenvalue weighted by Crippen LogP contribution is -2.35. The first-order valence-corrected chi connectivity index (χ1v) is 10.3. The monoisotopic (exact) mass is 411 g/mol. The number of ether oxygens (including phenoxy) is 1. The molecule has 0 saturated carbocycles. The standard InChI is InChI=1S/C20H17N3O3S2/c1-12-5-6-13(2)15(8-12)26-9-17(24)22-23-11-21-19-18(20(23)25)14(10-28-19)16-4-3-7-27-16/h3-8,10-11H,9H2,1-2H3,(H,22,24). The third kappa shape index (κ3) is 3.56. The second-order valence-electron chi connectivity index (χ2n) is 6.32. The van der Waals surface area contributed by atoms with Crippen molar-refractivity contribution in [3.63, 3.8) is 0 Å². The average molecular weight is 412 g/mol. The Balaban J connectivity index is 1.55. The summed E-state index contributed by atoms with van der Waals surface area (Å²) < 4.78 is 6.71. The van der Waals surface area contributed by atoms with Gasteiger partial charge in [0.15, 0.2) is 6.61 Å². The Morgan fingerprint density at radius 3 is 2.89 bits per heavy atom. The van der Waals surface area contributed by atoms with Gasteiger partial charge in [0.05, 0.1) is 5.39 Å². The van der Waals surface area contributed by atoms with E-state index in [4.69, 9.17) is 4.74 Å². The van der Waals surface area contributed by atoms with Crippen molar-refractivity contribution in [3.05, 3.63) is 68.9 Å². The maximum atomic E-state index is 12.9. The number of rotatable bonds is 5. The van der Waals surface area contributed by atoms with Crippen LogP contribution in [0.25, 0.3) is 20.7 Å². The molecule has 1 N–H and O–H groups in total. The van der Waals surface area contributed by atoms with Gasteiger partial charge in [0, 0.05) is 15.8 Å². The number of benzene rings is 1. The molecule has 0 spiro atoms. The predicted molar refractivity (Wildman–Crippen MR) is 113 cm³/mol. The fourth-order valence-electron chi connectivity index (χ4n) is 2.80. The van der Waals surface area contributed by atoms with E-state index in [0.29, 0.717) is 16.0 Å². The van der Waals surface area contributed by atoms with Gasteiger partial charge in [-0.25, -0.2) is 9.66 Å². The van der Waals surface area contributed by atoms with Crippen LogP contribution in [0, 0.1) is 13.8 Å². The summed E-state index contributed by atoms with van der Waals surface area (Å²) in [5.74, 6) is 0.214. The summed E-state index contributed by atoms with van der Waals surface area (Å²) in [7, 11) is 0. The maximum Gasteiger partial charge on any atom is 0.281 e. The van der Waals surface area contributed by atoms with E-state index in [-0.39, 0.29) is 12.2 Å². The minimum Gasteiger partial charge on any atom is -0.483 e. The molecule has 1 amide bonds. The van der Waals surface area contributed by atoms with Gasteiger partial charge in [0.25, 0.3) is 11.5 Å². The van der Waals surface area contributed by atoms with Crippen molar-refractivity contribution in [3.8, 4) is 16.2 Å². The highest BCUT2D eigenvalue weighted by molar-refractivity contribution is 7.18. The maximum absolute atomic E-state index is 12.9. The number of thiophene rings is 2. The predicted octanol–water partition coefficient (Wildman–Crippen LogP) is 3.95. The minimum absolute atomic E-state index is 0.198. The molecule has 28 heavy (non-hydrogen) atoms. The second kappa shape index (κ2) is 7.57. The molecular weight excluding hydrogens is 394 g/mol. The summed E-state index contributed by atoms with van der Waals surface area (Å²) in [6, 6.07) is 9.69. The van der Waals surface area contributed by atoms with Gasteiger partial charge in [-0.3, -0.25) is 15.0 Å². The molecule has 1 aromatic carbocycles. The average Bonchev–Trinajstić information content (AvgIpc) is 3.34. The number of carbonyl (C=O) groups excluding carboxylic acids is 1. The molecule has 0 aliphatic heterocycles. The van der Waals surface area contributed by atoms with E-state index in [1.165, 1.54) is 17.7 Å². The van der Waals surface area contributed by atoms with Gasteiger partial charge < -0.3 is 4.74 Å². The van der Waals surface area contributed by atoms with Crippen LogP contribution in [0.1, 0.15) is 11.1 Å². The number of aromatic nitrogens is 2. The quantitative estimate of drug-likeness (QED) is 0.540. The topological polar surface area (TPSA) is 73.2 Å². The lowest BCUT2D eigenvalue weighted by Gasteiger charge is -2.11. The summed E-state index contributed by atoms with van der Waals surface area (Å²) in [5, 5.41) is 4.38. The largest absolute Gasteiger partial charge is 0.483 e. The summed E-state index contributed by atoms with van der Waals surface area (Å²) >= 11 is 2.96. The van der Waals surface area contributed by atoms with Crippen molar-refractivity contribution in [1.29, 1.82) is 0 Å². The van der Waals surface area contributed by atoms with Crippen LogP contribution in [0.3, 0.4) is 0 Å². The number of carbonyl (C=O) groups is 1. The lowest BCUT2D eigenvalue weighted by atomic mass is 10.1. The van der Waals surface area contributed by atoms with E-state index in [0.717, 1.165) is 26.2 Å². The molecule has 0 atom stereocenters. The highest BCUT2D eigenvalue weighted by Crippen LogP contribution is 2.33. The van der Waals surface area contributed by atoms with E-state index >= 15 is 0 Å². The van der Waals surface area contributed by atoms with E-state index < -0.39 is 5.91 Å². The van der Waals surface area contributed by atoms with Crippen LogP contribution in [-0.2, 0) is 4.79 Å². The third-order valence-electron chi connectivity index (χ3n) is 4.23. The van der Waals surface area contributed by atoms with E-state index in [9.17, 15) is 9.59 Å². The highest BCUT2D eigenvalue weighted by atomic mass is 32.1. The molecular formula is C20H17N3O3S2. The van der Waals surface area contributed by atoms with Crippen molar-refractivity contribution in [2.24, 2.45) is 0 Å². The summed E-state index contributed by atoms with van der Waals surface area (Å²) in [4.78, 5) is 31.1. The number of aryl methyl sites for hydroxylation is 2. The van der Waals surface area contributed by atoms with Crippen LogP contribution >= 0.6 is 22.7 Å². The molecule has 0 radical (unpaired) electrons. The fraction of sp³-hybridized carbons (Fsp3) is 0.150. The van der Waals surface area contributed by atoms with E-state index in [2.05, 4.69) is 10.4 Å². The Kier molecular flexibility index (Phi) is 4.97. The number of hydrogen-bond acceptors (Lipinski definition) is 6. The molecule has 0 aliphatic rings. The molecule has 4 aromatic rings. The Labute approximate surface area is 169 Å². The van der Waals surface area contributed by atoms with Crippen molar-refractivity contribution in [1.82, 2.24) is 9.66 Å². The van der Waals surface area contributed by atoms with Crippen LogP contribution in [-0.4, -0.2) is 22.2 Å². The Bertz CT molecular complexity index is 1210. The van der Waals surface area contributed by atoms with Crippen LogP contribution in [0.2, 0.25) is 0 Å². The van der Waals surface area contributed by atoms with Crippen LogP contribution in [0.4, 0.5) is 0 Å². The molecule has 0 fully saturated rings. The normalized spacial score (nSPS) is 10.9. The smallest absolute Gasteiger partial charge is 0.281 e. The summed E-state index contributed by atoms with van der Waals surface area (Å²) in [6.45, 7) is 3.67. The second-order valence-corrected chi connectivity index (χ2v) is 8.12. The first kappa shape index (κ1) is 18.4. The van der Waals surface area contributed by atoms with Gasteiger partial charge in [-0.2, -0.15) is 0 Å². The van der Waals surface area contributed by atoms with Gasteiger partial charge in [0.2, 0.25) is 0 Å². The van der Waals surface area contributed by atoms with Gasteiger partial charge in [-0.05, 0) is 42.5 Å². The van der Waals surface area contributed by atoms with Gasteiger partial charge in [-0.15, -0.1) is 22.7 Å². The molecule has 3 aromatic heterocycles. The highest BCUT2D eigenvalue weighted by Gasteiger charge is 2.15. The first-order valence-electron chi connectivity index (χ1n) is 8.55. The van der Waals surface area contributed by atoms with Gasteiger partial charge in [-0.1, -0.05) is 18.2 Å². The zero-order chi connectivity index (χ0) is 19.7. The summed E-state index contributed by atoms with van der Waals surface area (Å²) in [5.41, 5.74) is 5.07. The Hall–Kier alpha value is -2.97. The Morgan fingerprint density at radius 2 is 2.11 bits per heavy atom. The molecule has 0 bridgehead atoms. The zero-order valence-corrected chi connectivity index (χ0v) is 16.9. The lowest BCUT2D eigenvalue weighted by molar-refractivity contribution is -0.119. The molecule has 0 unspecified atom stereocenters. The fourth-order valence-corrected chi connectivity index (χ4v) is 4.52. The first-order chi connectivity index (χ1) is 13.5. The van der Waals surface area contributed by atoms with Crippen molar-refractivity contribution >= 4 is 38.8 Å². The van der Waals surface area contributed by atoms with Crippen molar-refractivity contribution < 1.29 is 9.53 Å². The third-order valence-corrected chi connectivity index (χ3v) is 6.02. The molecule has 142 valence electrons.